The largest absolute Gasteiger partial charge is 0.382 e. The highest BCUT2D eigenvalue weighted by Crippen LogP contribution is 2.29. The Morgan fingerprint density at radius 3 is 2.87 bits per heavy atom. The van der Waals surface area contributed by atoms with Crippen molar-refractivity contribution in [1.29, 1.82) is 0 Å². The summed E-state index contributed by atoms with van der Waals surface area (Å²) in [4.78, 5) is 9.19. The van der Waals surface area contributed by atoms with E-state index >= 15 is 0 Å². The number of rotatable bonds is 7. The lowest BCUT2D eigenvalue weighted by Gasteiger charge is -2.10. The van der Waals surface area contributed by atoms with Crippen molar-refractivity contribution in [3.63, 3.8) is 0 Å². The number of nitrogens with zero attached hydrogens (tertiary/aromatic N) is 3. The third-order valence-corrected chi connectivity index (χ3v) is 3.93. The minimum atomic E-state index is 0.476. The van der Waals surface area contributed by atoms with Gasteiger partial charge in [0.25, 0.3) is 0 Å². The molecule has 0 aliphatic carbocycles. The molecule has 0 radical (unpaired) electrons. The minimum Gasteiger partial charge on any atom is -0.382 e. The number of benzene rings is 1. The van der Waals surface area contributed by atoms with E-state index in [9.17, 15) is 0 Å². The molecular formula is C17H23N5O. The smallest absolute Gasteiger partial charge is 0.152 e. The second-order valence-corrected chi connectivity index (χ2v) is 5.49. The molecule has 6 nitrogen and oxygen atoms in total. The second-order valence-electron chi connectivity index (χ2n) is 5.49. The van der Waals surface area contributed by atoms with Crippen molar-refractivity contribution in [2.24, 2.45) is 0 Å². The normalized spacial score (nSPS) is 11.6. The van der Waals surface area contributed by atoms with Crippen LogP contribution >= 0.6 is 0 Å². The zero-order chi connectivity index (χ0) is 16.2. The number of fused-ring (bicyclic) bond motifs is 3. The summed E-state index contributed by atoms with van der Waals surface area (Å²) in [5.41, 5.74) is 8.87. The van der Waals surface area contributed by atoms with E-state index in [2.05, 4.69) is 20.9 Å². The Morgan fingerprint density at radius 2 is 2.09 bits per heavy atom. The maximum Gasteiger partial charge on any atom is 0.152 e. The molecule has 0 bridgehead atoms. The molecule has 0 saturated heterocycles. The number of para-hydroxylation sites is 1. The summed E-state index contributed by atoms with van der Waals surface area (Å²) in [5, 5.41) is 4.27. The Bertz CT molecular complexity index is 811. The van der Waals surface area contributed by atoms with E-state index in [1.165, 1.54) is 0 Å². The molecule has 3 rings (SSSR count). The molecule has 0 unspecified atom stereocenters. The Balaban J connectivity index is 2.19. The second kappa shape index (κ2) is 6.93. The average Bonchev–Trinajstić information content (AvgIpc) is 2.93. The molecule has 0 fully saturated rings. The van der Waals surface area contributed by atoms with Crippen LogP contribution in [0.5, 0.6) is 0 Å². The number of hydrogen-bond donors (Lipinski definition) is 2. The fourth-order valence-electron chi connectivity index (χ4n) is 2.86. The van der Waals surface area contributed by atoms with Gasteiger partial charge < -0.3 is 20.4 Å². The van der Waals surface area contributed by atoms with Crippen LogP contribution in [0.4, 0.5) is 5.82 Å². The van der Waals surface area contributed by atoms with Crippen LogP contribution in [0.15, 0.2) is 24.3 Å². The van der Waals surface area contributed by atoms with Crippen molar-refractivity contribution in [2.75, 3.05) is 25.9 Å². The van der Waals surface area contributed by atoms with Crippen LogP contribution in [0.25, 0.3) is 21.9 Å². The average molecular weight is 313 g/mol. The predicted octanol–water partition coefficient (Wildman–Crippen LogP) is 2.31. The summed E-state index contributed by atoms with van der Waals surface area (Å²) >= 11 is 0. The molecule has 6 heteroatoms. The third-order valence-electron chi connectivity index (χ3n) is 3.93. The molecule has 23 heavy (non-hydrogen) atoms. The molecule has 0 atom stereocenters. The van der Waals surface area contributed by atoms with Crippen LogP contribution < -0.4 is 11.1 Å². The van der Waals surface area contributed by atoms with Gasteiger partial charge in [-0.25, -0.2) is 9.97 Å². The number of aryl methyl sites for hydroxylation is 1. The number of imidazole rings is 1. The summed E-state index contributed by atoms with van der Waals surface area (Å²) in [6, 6.07) is 8.05. The minimum absolute atomic E-state index is 0.476. The van der Waals surface area contributed by atoms with Crippen molar-refractivity contribution >= 4 is 27.8 Å². The first-order valence-electron chi connectivity index (χ1n) is 8.02. The summed E-state index contributed by atoms with van der Waals surface area (Å²) in [6.45, 7) is 4.95. The maximum atomic E-state index is 6.15. The van der Waals surface area contributed by atoms with Crippen LogP contribution in [-0.2, 0) is 17.9 Å². The third kappa shape index (κ3) is 3.00. The van der Waals surface area contributed by atoms with Gasteiger partial charge in [-0.05, 0) is 33.0 Å². The molecule has 0 aliphatic heterocycles. The van der Waals surface area contributed by atoms with Gasteiger partial charge >= 0.3 is 0 Å². The molecule has 2 heterocycles. The van der Waals surface area contributed by atoms with E-state index < -0.39 is 0 Å². The molecule has 2 aromatic heterocycles. The number of nitrogens with two attached hydrogens (primary N) is 1. The van der Waals surface area contributed by atoms with Crippen molar-refractivity contribution in [3.8, 4) is 0 Å². The Morgan fingerprint density at radius 1 is 1.26 bits per heavy atom. The zero-order valence-corrected chi connectivity index (χ0v) is 13.7. The highest BCUT2D eigenvalue weighted by molar-refractivity contribution is 6.06. The fourth-order valence-corrected chi connectivity index (χ4v) is 2.86. The van der Waals surface area contributed by atoms with Gasteiger partial charge in [0.05, 0.1) is 11.0 Å². The van der Waals surface area contributed by atoms with Crippen LogP contribution in [0, 0.1) is 0 Å². The van der Waals surface area contributed by atoms with Gasteiger partial charge in [0.1, 0.15) is 17.9 Å². The summed E-state index contributed by atoms with van der Waals surface area (Å²) in [5.74, 6) is 1.38. The van der Waals surface area contributed by atoms with Gasteiger partial charge in [-0.3, -0.25) is 0 Å². The predicted molar refractivity (Wildman–Crippen MR) is 93.3 cm³/mol. The van der Waals surface area contributed by atoms with Gasteiger partial charge in [-0.1, -0.05) is 18.2 Å². The lowest BCUT2D eigenvalue weighted by Crippen LogP contribution is -2.13. The molecule has 122 valence electrons. The number of hydrogen-bond acceptors (Lipinski definition) is 5. The quantitative estimate of drug-likeness (QED) is 0.655. The first kappa shape index (κ1) is 15.7. The van der Waals surface area contributed by atoms with Gasteiger partial charge in [-0.2, -0.15) is 0 Å². The Kier molecular flexibility index (Phi) is 4.73. The summed E-state index contributed by atoms with van der Waals surface area (Å²) in [6.07, 6.45) is 1.01. The molecule has 0 saturated carbocycles. The summed E-state index contributed by atoms with van der Waals surface area (Å²) in [7, 11) is 1.96. The molecule has 0 aliphatic rings. The van der Waals surface area contributed by atoms with Gasteiger partial charge in [0.2, 0.25) is 0 Å². The van der Waals surface area contributed by atoms with Crippen LogP contribution in [0.2, 0.25) is 0 Å². The molecule has 0 amide bonds. The van der Waals surface area contributed by atoms with Crippen LogP contribution in [-0.4, -0.2) is 34.7 Å². The SMILES string of the molecule is CCOCc1nc2c(N)nc3ccccc3c2n1CCCNC. The number of pyridine rings is 1. The van der Waals surface area contributed by atoms with E-state index in [1.807, 2.05) is 32.2 Å². The molecule has 3 aromatic rings. The highest BCUT2D eigenvalue weighted by Gasteiger charge is 2.16. The van der Waals surface area contributed by atoms with Crippen molar-refractivity contribution < 1.29 is 4.74 Å². The van der Waals surface area contributed by atoms with E-state index in [0.29, 0.717) is 19.0 Å². The van der Waals surface area contributed by atoms with Crippen LogP contribution in [0.1, 0.15) is 19.2 Å². The first-order valence-corrected chi connectivity index (χ1v) is 8.02. The number of nitrogen functional groups attached to an aromatic ring is 1. The molecule has 1 aromatic carbocycles. The zero-order valence-electron chi connectivity index (χ0n) is 13.7. The van der Waals surface area contributed by atoms with Gasteiger partial charge in [-0.15, -0.1) is 0 Å². The van der Waals surface area contributed by atoms with E-state index in [0.717, 1.165) is 47.3 Å². The lowest BCUT2D eigenvalue weighted by atomic mass is 10.2. The highest BCUT2D eigenvalue weighted by atomic mass is 16.5. The maximum absolute atomic E-state index is 6.15. The summed E-state index contributed by atoms with van der Waals surface area (Å²) < 4.78 is 7.81. The van der Waals surface area contributed by atoms with Crippen molar-refractivity contribution in [2.45, 2.75) is 26.5 Å². The van der Waals surface area contributed by atoms with Crippen molar-refractivity contribution in [3.05, 3.63) is 30.1 Å². The van der Waals surface area contributed by atoms with E-state index in [4.69, 9.17) is 15.5 Å². The molecule has 0 spiro atoms. The monoisotopic (exact) mass is 313 g/mol. The number of ether oxygens (including phenoxy) is 1. The van der Waals surface area contributed by atoms with Crippen molar-refractivity contribution in [1.82, 2.24) is 19.9 Å². The standard InChI is InChI=1S/C17H23N5O/c1-3-23-11-14-21-15-16(22(14)10-6-9-19-2)12-7-4-5-8-13(12)20-17(15)18/h4-5,7-8,19H,3,6,9-11H2,1-2H3,(H2,18,20). The van der Waals surface area contributed by atoms with E-state index in [-0.39, 0.29) is 0 Å². The van der Waals surface area contributed by atoms with Gasteiger partial charge in [0.15, 0.2) is 5.82 Å². The van der Waals surface area contributed by atoms with Gasteiger partial charge in [0, 0.05) is 18.5 Å². The number of anilines is 1. The number of nitrogens with one attached hydrogen (secondary N) is 1. The Hall–Kier alpha value is -2.18. The molecule has 3 N–H and O–H groups in total. The van der Waals surface area contributed by atoms with Crippen LogP contribution in [0.3, 0.4) is 0 Å². The van der Waals surface area contributed by atoms with E-state index in [1.54, 1.807) is 0 Å². The Labute approximate surface area is 135 Å². The lowest BCUT2D eigenvalue weighted by molar-refractivity contribution is 0.126. The topological polar surface area (TPSA) is 78.0 Å². The fraction of sp³-hybridized carbons (Fsp3) is 0.412. The number of aromatic nitrogens is 3. The molecular weight excluding hydrogens is 290 g/mol. The first-order chi connectivity index (χ1) is 11.3.